The van der Waals surface area contributed by atoms with Gasteiger partial charge in [-0.15, -0.1) is 11.8 Å². The Morgan fingerprint density at radius 3 is 2.87 bits per heavy atom. The molecule has 2 nitrogen and oxygen atoms in total. The third-order valence-electron chi connectivity index (χ3n) is 2.23. The molecule has 1 aromatic carbocycles. The Labute approximate surface area is 94.0 Å². The summed E-state index contributed by atoms with van der Waals surface area (Å²) >= 11 is 1.64. The number of aliphatic hydroxyl groups is 1. The van der Waals surface area contributed by atoms with Crippen LogP contribution in [-0.2, 0) is 10.5 Å². The summed E-state index contributed by atoms with van der Waals surface area (Å²) in [5.41, 5.74) is 1.13. The van der Waals surface area contributed by atoms with Crippen LogP contribution in [0.15, 0.2) is 42.5 Å². The molecule has 0 bridgehead atoms. The van der Waals surface area contributed by atoms with E-state index < -0.39 is 6.10 Å². The molecular formula is C12H14O2S. The lowest BCUT2D eigenvalue weighted by Crippen LogP contribution is -2.27. The van der Waals surface area contributed by atoms with Crippen molar-refractivity contribution in [3.63, 3.8) is 0 Å². The first-order chi connectivity index (χ1) is 7.36. The summed E-state index contributed by atoms with van der Waals surface area (Å²) in [7, 11) is 0. The molecular weight excluding hydrogens is 208 g/mol. The first kappa shape index (κ1) is 10.7. The maximum atomic E-state index is 9.61. The zero-order valence-corrected chi connectivity index (χ0v) is 9.19. The van der Waals surface area contributed by atoms with Gasteiger partial charge in [0, 0.05) is 5.75 Å². The number of rotatable bonds is 3. The molecule has 80 valence electrons. The predicted octanol–water partition coefficient (Wildman–Crippen LogP) is 2.19. The molecule has 3 heteroatoms. The van der Waals surface area contributed by atoms with E-state index in [0.29, 0.717) is 6.61 Å². The Kier molecular flexibility index (Phi) is 3.83. The molecule has 2 rings (SSSR count). The van der Waals surface area contributed by atoms with Gasteiger partial charge in [0.2, 0.25) is 0 Å². The molecule has 0 saturated carbocycles. The zero-order valence-electron chi connectivity index (χ0n) is 8.37. The van der Waals surface area contributed by atoms with Crippen LogP contribution in [0.1, 0.15) is 5.56 Å². The van der Waals surface area contributed by atoms with Gasteiger partial charge in [-0.1, -0.05) is 42.5 Å². The molecule has 0 aromatic heterocycles. The average Bonchev–Trinajstić information content (AvgIpc) is 2.29. The summed E-state index contributed by atoms with van der Waals surface area (Å²) in [6.07, 6.45) is 3.17. The SMILES string of the molecule is O[C@H]1C=CCO[C@H]1SCc1ccccc1. The van der Waals surface area contributed by atoms with Crippen molar-refractivity contribution in [1.82, 2.24) is 0 Å². The molecule has 0 spiro atoms. The number of hydrogen-bond donors (Lipinski definition) is 1. The average molecular weight is 222 g/mol. The smallest absolute Gasteiger partial charge is 0.133 e. The summed E-state index contributed by atoms with van der Waals surface area (Å²) < 4.78 is 5.44. The Morgan fingerprint density at radius 1 is 1.33 bits per heavy atom. The van der Waals surface area contributed by atoms with Crippen LogP contribution in [-0.4, -0.2) is 23.3 Å². The molecule has 0 aliphatic carbocycles. The quantitative estimate of drug-likeness (QED) is 0.795. The lowest BCUT2D eigenvalue weighted by atomic mass is 10.2. The molecule has 1 aromatic rings. The Morgan fingerprint density at radius 2 is 2.13 bits per heavy atom. The van der Waals surface area contributed by atoms with Crippen LogP contribution in [0.25, 0.3) is 0 Å². The topological polar surface area (TPSA) is 29.5 Å². The largest absolute Gasteiger partial charge is 0.385 e. The van der Waals surface area contributed by atoms with Gasteiger partial charge in [-0.2, -0.15) is 0 Å². The Balaban J connectivity index is 1.85. The van der Waals surface area contributed by atoms with E-state index in [1.807, 2.05) is 24.3 Å². The molecule has 0 radical (unpaired) electrons. The highest BCUT2D eigenvalue weighted by atomic mass is 32.2. The minimum absolute atomic E-state index is 0.129. The fourth-order valence-electron chi connectivity index (χ4n) is 1.43. The van der Waals surface area contributed by atoms with Crippen LogP contribution < -0.4 is 0 Å². The van der Waals surface area contributed by atoms with Crippen LogP contribution in [0, 0.1) is 0 Å². The van der Waals surface area contributed by atoms with Gasteiger partial charge >= 0.3 is 0 Å². The highest BCUT2D eigenvalue weighted by Gasteiger charge is 2.20. The molecule has 2 atom stereocenters. The highest BCUT2D eigenvalue weighted by molar-refractivity contribution is 7.99. The van der Waals surface area contributed by atoms with Gasteiger partial charge in [0.1, 0.15) is 11.5 Å². The molecule has 1 aliphatic rings. The summed E-state index contributed by atoms with van der Waals surface area (Å²) in [5, 5.41) is 9.61. The van der Waals surface area contributed by atoms with E-state index in [-0.39, 0.29) is 5.44 Å². The van der Waals surface area contributed by atoms with E-state index in [2.05, 4.69) is 12.1 Å². The van der Waals surface area contributed by atoms with Gasteiger partial charge in [-0.25, -0.2) is 0 Å². The second kappa shape index (κ2) is 5.35. The first-order valence-corrected chi connectivity index (χ1v) is 6.03. The van der Waals surface area contributed by atoms with Crippen molar-refractivity contribution in [3.8, 4) is 0 Å². The van der Waals surface area contributed by atoms with Crippen molar-refractivity contribution in [2.24, 2.45) is 0 Å². The molecule has 0 saturated heterocycles. The number of aliphatic hydroxyl groups excluding tert-OH is 1. The van der Waals surface area contributed by atoms with Crippen LogP contribution in [0.5, 0.6) is 0 Å². The van der Waals surface area contributed by atoms with Crippen molar-refractivity contribution in [1.29, 1.82) is 0 Å². The van der Waals surface area contributed by atoms with E-state index >= 15 is 0 Å². The van der Waals surface area contributed by atoms with E-state index in [1.165, 1.54) is 5.56 Å². The second-order valence-electron chi connectivity index (χ2n) is 3.42. The molecule has 1 heterocycles. The van der Waals surface area contributed by atoms with E-state index in [0.717, 1.165) is 5.75 Å². The third kappa shape index (κ3) is 3.09. The second-order valence-corrected chi connectivity index (χ2v) is 4.50. The van der Waals surface area contributed by atoms with Gasteiger partial charge in [0.15, 0.2) is 0 Å². The van der Waals surface area contributed by atoms with Crippen molar-refractivity contribution < 1.29 is 9.84 Å². The number of thioether (sulfide) groups is 1. The Bertz CT molecular complexity index is 324. The molecule has 0 fully saturated rings. The lowest BCUT2D eigenvalue weighted by Gasteiger charge is -2.23. The first-order valence-electron chi connectivity index (χ1n) is 4.98. The molecule has 0 unspecified atom stereocenters. The van der Waals surface area contributed by atoms with Crippen LogP contribution in [0.2, 0.25) is 0 Å². The van der Waals surface area contributed by atoms with Crippen molar-refractivity contribution >= 4 is 11.8 Å². The molecule has 1 N–H and O–H groups in total. The standard InChI is InChI=1S/C12H14O2S/c13-11-7-4-8-14-12(11)15-9-10-5-2-1-3-6-10/h1-7,11-13H,8-9H2/t11-,12-/m0/s1. The predicted molar refractivity (Wildman–Crippen MR) is 62.6 cm³/mol. The van der Waals surface area contributed by atoms with Gasteiger partial charge in [0.25, 0.3) is 0 Å². The van der Waals surface area contributed by atoms with E-state index in [9.17, 15) is 5.11 Å². The van der Waals surface area contributed by atoms with Gasteiger partial charge in [-0.05, 0) is 5.56 Å². The normalized spacial score (nSPS) is 25.4. The fraction of sp³-hybridized carbons (Fsp3) is 0.333. The van der Waals surface area contributed by atoms with Crippen LogP contribution >= 0.6 is 11.8 Å². The van der Waals surface area contributed by atoms with E-state index in [1.54, 1.807) is 17.8 Å². The number of benzene rings is 1. The fourth-order valence-corrected chi connectivity index (χ4v) is 2.45. The minimum atomic E-state index is -0.479. The van der Waals surface area contributed by atoms with Crippen molar-refractivity contribution in [2.45, 2.75) is 17.3 Å². The number of hydrogen-bond acceptors (Lipinski definition) is 3. The van der Waals surface area contributed by atoms with Crippen LogP contribution in [0.4, 0.5) is 0 Å². The molecule has 0 amide bonds. The summed E-state index contributed by atoms with van der Waals surface area (Å²) in [6, 6.07) is 10.2. The molecule has 15 heavy (non-hydrogen) atoms. The zero-order chi connectivity index (χ0) is 10.5. The summed E-state index contributed by atoms with van der Waals surface area (Å²) in [5.74, 6) is 0.871. The summed E-state index contributed by atoms with van der Waals surface area (Å²) in [6.45, 7) is 0.601. The summed E-state index contributed by atoms with van der Waals surface area (Å²) in [4.78, 5) is 0. The minimum Gasteiger partial charge on any atom is -0.385 e. The van der Waals surface area contributed by atoms with Crippen molar-refractivity contribution in [3.05, 3.63) is 48.0 Å². The Hall–Kier alpha value is -0.770. The lowest BCUT2D eigenvalue weighted by molar-refractivity contribution is 0.0393. The van der Waals surface area contributed by atoms with Gasteiger partial charge in [-0.3, -0.25) is 0 Å². The van der Waals surface area contributed by atoms with Gasteiger partial charge < -0.3 is 9.84 Å². The monoisotopic (exact) mass is 222 g/mol. The molecule has 1 aliphatic heterocycles. The van der Waals surface area contributed by atoms with Gasteiger partial charge in [0.05, 0.1) is 6.61 Å². The van der Waals surface area contributed by atoms with E-state index in [4.69, 9.17) is 4.74 Å². The van der Waals surface area contributed by atoms with Crippen molar-refractivity contribution in [2.75, 3.05) is 6.61 Å². The maximum Gasteiger partial charge on any atom is 0.133 e. The maximum absolute atomic E-state index is 9.61. The number of ether oxygens (including phenoxy) is 1. The highest BCUT2D eigenvalue weighted by Crippen LogP contribution is 2.24. The third-order valence-corrected chi connectivity index (χ3v) is 3.47. The van der Waals surface area contributed by atoms with Crippen LogP contribution in [0.3, 0.4) is 0 Å².